The Hall–Kier alpha value is -1.82. The van der Waals surface area contributed by atoms with Gasteiger partial charge in [0.1, 0.15) is 11.7 Å². The van der Waals surface area contributed by atoms with E-state index >= 15 is 0 Å². The fourth-order valence-electron chi connectivity index (χ4n) is 1.48. The van der Waals surface area contributed by atoms with Crippen LogP contribution in [-0.2, 0) is 4.79 Å². The standard InChI is InChI=1S/C12H16ClN3O3/c1-3-6-14-12(17)8(2)15-10-7-9(13)4-5-11(10)16(18)19/h4-5,7-8,15H,3,6H2,1-2H3,(H,14,17). The van der Waals surface area contributed by atoms with Gasteiger partial charge in [0.15, 0.2) is 0 Å². The molecule has 2 N–H and O–H groups in total. The number of halogens is 1. The Bertz CT molecular complexity index is 479. The quantitative estimate of drug-likeness (QED) is 0.621. The van der Waals surface area contributed by atoms with Gasteiger partial charge in [-0.15, -0.1) is 0 Å². The Morgan fingerprint density at radius 2 is 2.21 bits per heavy atom. The van der Waals surface area contributed by atoms with Crippen molar-refractivity contribution in [3.05, 3.63) is 33.3 Å². The first-order valence-electron chi connectivity index (χ1n) is 5.94. The smallest absolute Gasteiger partial charge is 0.292 e. The zero-order valence-corrected chi connectivity index (χ0v) is 11.5. The number of nitro benzene ring substituents is 1. The Morgan fingerprint density at radius 3 is 2.79 bits per heavy atom. The molecule has 6 nitrogen and oxygen atoms in total. The molecule has 1 atom stereocenters. The van der Waals surface area contributed by atoms with Crippen LogP contribution in [0, 0.1) is 10.1 Å². The second-order valence-corrected chi connectivity index (χ2v) is 4.51. The van der Waals surface area contributed by atoms with E-state index in [0.29, 0.717) is 11.6 Å². The minimum absolute atomic E-state index is 0.112. The van der Waals surface area contributed by atoms with E-state index < -0.39 is 11.0 Å². The van der Waals surface area contributed by atoms with Crippen molar-refractivity contribution < 1.29 is 9.72 Å². The highest BCUT2D eigenvalue weighted by molar-refractivity contribution is 6.31. The summed E-state index contributed by atoms with van der Waals surface area (Å²) in [6.45, 7) is 4.15. The first kappa shape index (κ1) is 15.2. The number of rotatable bonds is 6. The lowest BCUT2D eigenvalue weighted by Gasteiger charge is -2.15. The molecule has 0 fully saturated rings. The zero-order valence-electron chi connectivity index (χ0n) is 10.8. The molecule has 0 saturated carbocycles. The van der Waals surface area contributed by atoms with E-state index in [9.17, 15) is 14.9 Å². The number of hydrogen-bond acceptors (Lipinski definition) is 4. The van der Waals surface area contributed by atoms with Crippen molar-refractivity contribution in [1.29, 1.82) is 0 Å². The van der Waals surface area contributed by atoms with Crippen LogP contribution in [0.5, 0.6) is 0 Å². The van der Waals surface area contributed by atoms with Crippen LogP contribution in [0.15, 0.2) is 18.2 Å². The lowest BCUT2D eigenvalue weighted by Crippen LogP contribution is -2.38. The molecular weight excluding hydrogens is 270 g/mol. The Kier molecular flexibility index (Phi) is 5.57. The van der Waals surface area contributed by atoms with Crippen molar-refractivity contribution >= 4 is 28.9 Å². The summed E-state index contributed by atoms with van der Waals surface area (Å²) < 4.78 is 0. The van der Waals surface area contributed by atoms with Crippen LogP contribution in [0.2, 0.25) is 5.02 Å². The third kappa shape index (κ3) is 4.40. The van der Waals surface area contributed by atoms with E-state index in [-0.39, 0.29) is 17.3 Å². The van der Waals surface area contributed by atoms with Gasteiger partial charge in [-0.3, -0.25) is 14.9 Å². The van der Waals surface area contributed by atoms with Crippen molar-refractivity contribution in [3.8, 4) is 0 Å². The fourth-order valence-corrected chi connectivity index (χ4v) is 1.66. The van der Waals surface area contributed by atoms with Gasteiger partial charge in [0.2, 0.25) is 5.91 Å². The number of carbonyl (C=O) groups is 1. The summed E-state index contributed by atoms with van der Waals surface area (Å²) in [6, 6.07) is 3.60. The number of anilines is 1. The summed E-state index contributed by atoms with van der Waals surface area (Å²) in [7, 11) is 0. The van der Waals surface area contributed by atoms with E-state index in [1.807, 2.05) is 6.92 Å². The number of hydrogen-bond donors (Lipinski definition) is 2. The van der Waals surface area contributed by atoms with Crippen molar-refractivity contribution in [2.24, 2.45) is 0 Å². The van der Waals surface area contributed by atoms with Crippen LogP contribution in [-0.4, -0.2) is 23.4 Å². The monoisotopic (exact) mass is 285 g/mol. The van der Waals surface area contributed by atoms with Gasteiger partial charge < -0.3 is 10.6 Å². The van der Waals surface area contributed by atoms with Crippen LogP contribution in [0.25, 0.3) is 0 Å². The maximum Gasteiger partial charge on any atom is 0.292 e. The topological polar surface area (TPSA) is 84.3 Å². The molecule has 0 aliphatic carbocycles. The Balaban J connectivity index is 2.83. The number of carbonyl (C=O) groups excluding carboxylic acids is 1. The lowest BCUT2D eigenvalue weighted by atomic mass is 10.2. The maximum atomic E-state index is 11.7. The number of nitro groups is 1. The average Bonchev–Trinajstić information content (AvgIpc) is 2.35. The largest absolute Gasteiger partial charge is 0.368 e. The first-order valence-corrected chi connectivity index (χ1v) is 6.31. The number of benzene rings is 1. The molecule has 104 valence electrons. The molecular formula is C12H16ClN3O3. The van der Waals surface area contributed by atoms with Gasteiger partial charge >= 0.3 is 0 Å². The Labute approximate surface area is 116 Å². The minimum atomic E-state index is -0.580. The van der Waals surface area contributed by atoms with Crippen molar-refractivity contribution in [2.45, 2.75) is 26.3 Å². The first-order chi connectivity index (χ1) is 8.95. The summed E-state index contributed by atoms with van der Waals surface area (Å²) in [5.74, 6) is -0.212. The molecule has 0 aromatic heterocycles. The lowest BCUT2D eigenvalue weighted by molar-refractivity contribution is -0.384. The van der Waals surface area contributed by atoms with Gasteiger partial charge in [-0.05, 0) is 25.5 Å². The average molecular weight is 286 g/mol. The van der Waals surface area contributed by atoms with E-state index in [4.69, 9.17) is 11.6 Å². The van der Waals surface area contributed by atoms with E-state index in [1.54, 1.807) is 6.92 Å². The molecule has 1 aromatic rings. The predicted octanol–water partition coefficient (Wildman–Crippen LogP) is 2.57. The second-order valence-electron chi connectivity index (χ2n) is 4.08. The third-order valence-electron chi connectivity index (χ3n) is 2.47. The summed E-state index contributed by atoms with van der Waals surface area (Å²) in [5.41, 5.74) is 0.121. The highest BCUT2D eigenvalue weighted by Gasteiger charge is 2.18. The number of amides is 1. The number of nitrogens with zero attached hydrogens (tertiary/aromatic N) is 1. The summed E-state index contributed by atoms with van der Waals surface area (Å²) in [6.07, 6.45) is 0.829. The zero-order chi connectivity index (χ0) is 14.4. The van der Waals surface area contributed by atoms with E-state index in [2.05, 4.69) is 10.6 Å². The van der Waals surface area contributed by atoms with Gasteiger partial charge in [-0.25, -0.2) is 0 Å². The van der Waals surface area contributed by atoms with Crippen LogP contribution in [0.1, 0.15) is 20.3 Å². The third-order valence-corrected chi connectivity index (χ3v) is 2.70. The maximum absolute atomic E-state index is 11.7. The SMILES string of the molecule is CCCNC(=O)C(C)Nc1cc(Cl)ccc1[N+](=O)[O-]. The molecule has 19 heavy (non-hydrogen) atoms. The van der Waals surface area contributed by atoms with Crippen LogP contribution in [0.4, 0.5) is 11.4 Å². The summed E-state index contributed by atoms with van der Waals surface area (Å²) in [5, 5.41) is 16.8. The molecule has 0 aliphatic heterocycles. The van der Waals surface area contributed by atoms with Crippen molar-refractivity contribution in [1.82, 2.24) is 5.32 Å². The molecule has 0 heterocycles. The molecule has 1 rings (SSSR count). The second kappa shape index (κ2) is 6.94. The van der Waals surface area contributed by atoms with E-state index in [1.165, 1.54) is 18.2 Å². The molecule has 1 unspecified atom stereocenters. The normalized spacial score (nSPS) is 11.7. The highest BCUT2D eigenvalue weighted by atomic mass is 35.5. The molecule has 0 radical (unpaired) electrons. The number of nitrogens with one attached hydrogen (secondary N) is 2. The van der Waals surface area contributed by atoms with Crippen LogP contribution in [0.3, 0.4) is 0 Å². The molecule has 0 aliphatic rings. The molecule has 0 bridgehead atoms. The van der Waals surface area contributed by atoms with Gasteiger partial charge in [0.25, 0.3) is 5.69 Å². The minimum Gasteiger partial charge on any atom is -0.368 e. The molecule has 1 amide bonds. The summed E-state index contributed by atoms with van der Waals surface area (Å²) >= 11 is 5.80. The molecule has 1 aromatic carbocycles. The van der Waals surface area contributed by atoms with Gasteiger partial charge in [-0.2, -0.15) is 0 Å². The van der Waals surface area contributed by atoms with Crippen molar-refractivity contribution in [2.75, 3.05) is 11.9 Å². The molecule has 0 spiro atoms. The highest BCUT2D eigenvalue weighted by Crippen LogP contribution is 2.28. The van der Waals surface area contributed by atoms with Crippen molar-refractivity contribution in [3.63, 3.8) is 0 Å². The van der Waals surface area contributed by atoms with Crippen LogP contribution >= 0.6 is 11.6 Å². The Morgan fingerprint density at radius 1 is 1.53 bits per heavy atom. The molecule has 0 saturated heterocycles. The van der Waals surface area contributed by atoms with Gasteiger partial charge in [-0.1, -0.05) is 18.5 Å². The van der Waals surface area contributed by atoms with E-state index in [0.717, 1.165) is 6.42 Å². The summed E-state index contributed by atoms with van der Waals surface area (Å²) in [4.78, 5) is 22.1. The molecule has 7 heteroatoms. The van der Waals surface area contributed by atoms with Gasteiger partial charge in [0, 0.05) is 17.6 Å². The fraction of sp³-hybridized carbons (Fsp3) is 0.417. The van der Waals surface area contributed by atoms with Gasteiger partial charge in [0.05, 0.1) is 4.92 Å². The van der Waals surface area contributed by atoms with Crippen LogP contribution < -0.4 is 10.6 Å². The predicted molar refractivity (Wildman–Crippen MR) is 74.5 cm³/mol.